The van der Waals surface area contributed by atoms with Crippen LogP contribution < -0.4 is 10.1 Å². The topological polar surface area (TPSA) is 106 Å². The number of nitrogens with one attached hydrogen (secondary N) is 2. The Hall–Kier alpha value is -3.54. The fourth-order valence-electron chi connectivity index (χ4n) is 3.21. The Morgan fingerprint density at radius 2 is 1.91 bits per heavy atom. The average molecular weight is 476 g/mol. The first-order valence-electron chi connectivity index (χ1n) is 10.1. The molecular weight excluding hydrogens is 457 g/mol. The number of alkyl halides is 3. The molecular formula is C21H19F3N6O2S. The van der Waals surface area contributed by atoms with Gasteiger partial charge in [-0.25, -0.2) is 0 Å². The minimum absolute atomic E-state index is 0.115. The van der Waals surface area contributed by atoms with E-state index in [-0.39, 0.29) is 12.2 Å². The first-order valence-corrected chi connectivity index (χ1v) is 10.9. The number of hydrogen-bond acceptors (Lipinski definition) is 7. The van der Waals surface area contributed by atoms with Gasteiger partial charge >= 0.3 is 6.36 Å². The molecule has 0 unspecified atom stereocenters. The van der Waals surface area contributed by atoms with Crippen molar-refractivity contribution in [2.45, 2.75) is 38.5 Å². The monoisotopic (exact) mass is 476 g/mol. The van der Waals surface area contributed by atoms with Crippen LogP contribution in [-0.4, -0.2) is 37.6 Å². The number of aryl methyl sites for hydroxylation is 2. The van der Waals surface area contributed by atoms with Crippen molar-refractivity contribution in [1.82, 2.24) is 25.4 Å². The van der Waals surface area contributed by atoms with Crippen molar-refractivity contribution >= 4 is 33.4 Å². The van der Waals surface area contributed by atoms with E-state index in [1.807, 2.05) is 18.3 Å². The zero-order valence-corrected chi connectivity index (χ0v) is 18.0. The molecule has 0 bridgehead atoms. The molecule has 0 saturated heterocycles. The summed E-state index contributed by atoms with van der Waals surface area (Å²) in [5, 5.41) is 21.2. The summed E-state index contributed by atoms with van der Waals surface area (Å²) in [5.74, 6) is -0.773. The highest BCUT2D eigenvalue weighted by atomic mass is 32.1. The fourth-order valence-corrected chi connectivity index (χ4v) is 4.01. The lowest BCUT2D eigenvalue weighted by Crippen LogP contribution is -2.17. The van der Waals surface area contributed by atoms with Crippen LogP contribution >= 0.6 is 11.3 Å². The smallest absolute Gasteiger partial charge is 0.406 e. The van der Waals surface area contributed by atoms with Crippen LogP contribution in [0.4, 0.5) is 18.3 Å². The number of aromatic amines is 1. The van der Waals surface area contributed by atoms with Crippen LogP contribution in [-0.2, 0) is 24.1 Å². The first-order chi connectivity index (χ1) is 15.8. The van der Waals surface area contributed by atoms with Crippen molar-refractivity contribution in [3.63, 3.8) is 0 Å². The van der Waals surface area contributed by atoms with Crippen molar-refractivity contribution < 1.29 is 22.7 Å². The number of nitrogens with zero attached hydrogens (tertiary/aromatic N) is 4. The molecule has 0 atom stereocenters. The van der Waals surface area contributed by atoms with Crippen molar-refractivity contribution in [3.05, 3.63) is 58.9 Å². The largest absolute Gasteiger partial charge is 0.573 e. The molecule has 2 N–H and O–H groups in total. The number of ether oxygens (including phenoxy) is 1. The normalized spacial score (nSPS) is 11.6. The number of carbonyl (C=O) groups is 1. The molecule has 0 fully saturated rings. The molecule has 0 radical (unpaired) electrons. The van der Waals surface area contributed by atoms with Crippen LogP contribution in [0.3, 0.4) is 0 Å². The first kappa shape index (κ1) is 22.6. The highest BCUT2D eigenvalue weighted by molar-refractivity contribution is 7.15. The molecule has 0 aliphatic carbocycles. The summed E-state index contributed by atoms with van der Waals surface area (Å²) >= 11 is 1.27. The van der Waals surface area contributed by atoms with E-state index in [1.54, 1.807) is 6.07 Å². The maximum Gasteiger partial charge on any atom is 0.573 e. The van der Waals surface area contributed by atoms with Gasteiger partial charge in [0.25, 0.3) is 0 Å². The quantitative estimate of drug-likeness (QED) is 0.346. The number of carbonyl (C=O) groups excluding carboxylic acids is 1. The van der Waals surface area contributed by atoms with Crippen LogP contribution in [0.25, 0.3) is 11.0 Å². The predicted molar refractivity (Wildman–Crippen MR) is 116 cm³/mol. The lowest BCUT2D eigenvalue weighted by Gasteiger charge is -2.09. The summed E-state index contributed by atoms with van der Waals surface area (Å²) in [6.45, 7) is 0. The van der Waals surface area contributed by atoms with Crippen molar-refractivity contribution in [1.29, 1.82) is 0 Å². The maximum absolute atomic E-state index is 12.3. The van der Waals surface area contributed by atoms with Gasteiger partial charge in [0.1, 0.15) is 10.8 Å². The second kappa shape index (κ2) is 9.94. The highest BCUT2D eigenvalue weighted by Gasteiger charge is 2.31. The molecule has 12 heteroatoms. The fraction of sp³-hybridized carbons (Fsp3) is 0.286. The van der Waals surface area contributed by atoms with Crippen LogP contribution in [0.5, 0.6) is 5.75 Å². The molecule has 3 heterocycles. The van der Waals surface area contributed by atoms with E-state index in [4.69, 9.17) is 0 Å². The number of rotatable bonds is 9. The Morgan fingerprint density at radius 3 is 2.76 bits per heavy atom. The summed E-state index contributed by atoms with van der Waals surface area (Å²) in [4.78, 5) is 15.2. The summed E-state index contributed by atoms with van der Waals surface area (Å²) in [5.41, 5.74) is 2.08. The number of anilines is 1. The van der Waals surface area contributed by atoms with Gasteiger partial charge in [0.15, 0.2) is 5.65 Å². The molecule has 8 nitrogen and oxygen atoms in total. The Balaban J connectivity index is 1.22. The molecule has 0 aliphatic heterocycles. The second-order valence-electron chi connectivity index (χ2n) is 7.25. The molecule has 33 heavy (non-hydrogen) atoms. The van der Waals surface area contributed by atoms with Gasteiger partial charge in [-0.2, -0.15) is 5.10 Å². The van der Waals surface area contributed by atoms with E-state index < -0.39 is 12.3 Å². The van der Waals surface area contributed by atoms with Gasteiger partial charge in [-0.1, -0.05) is 23.5 Å². The van der Waals surface area contributed by atoms with Gasteiger partial charge in [-0.3, -0.25) is 4.79 Å². The summed E-state index contributed by atoms with van der Waals surface area (Å²) < 4.78 is 40.9. The standard InChI is InChI=1S/C21H19F3N6O2S/c22-21(23,24)32-16-6-3-4-13(10-16)11-17(31)26-20-30-28-18(33-20)7-2-1-5-15-12-14-8-9-25-19(14)29-27-15/h3-4,6,8-10,12H,1-2,5,7,11H2,(H,25,29)(H,26,30,31). The summed E-state index contributed by atoms with van der Waals surface area (Å²) in [6.07, 6.45) is 0.222. The average Bonchev–Trinajstić information content (AvgIpc) is 3.39. The number of unbranched alkanes of at least 4 members (excludes halogenated alkanes) is 1. The lowest BCUT2D eigenvalue weighted by molar-refractivity contribution is -0.274. The summed E-state index contributed by atoms with van der Waals surface area (Å²) in [6, 6.07) is 9.27. The molecule has 0 spiro atoms. The molecule has 172 valence electrons. The Labute approximate surface area is 190 Å². The Kier molecular flexibility index (Phi) is 6.82. The maximum atomic E-state index is 12.3. The predicted octanol–water partition coefficient (Wildman–Crippen LogP) is 4.45. The van der Waals surface area contributed by atoms with Gasteiger partial charge in [0.2, 0.25) is 11.0 Å². The van der Waals surface area contributed by atoms with E-state index in [1.165, 1.54) is 29.5 Å². The third-order valence-electron chi connectivity index (χ3n) is 4.64. The van der Waals surface area contributed by atoms with E-state index >= 15 is 0 Å². The SMILES string of the molecule is O=C(Cc1cccc(OC(F)(F)F)c1)Nc1nnc(CCCCc2cc3cc[nH]c3nn2)s1. The molecule has 0 saturated carbocycles. The minimum atomic E-state index is -4.78. The number of aromatic nitrogens is 5. The Bertz CT molecular complexity index is 1240. The second-order valence-corrected chi connectivity index (χ2v) is 8.31. The van der Waals surface area contributed by atoms with E-state index in [0.717, 1.165) is 41.0 Å². The number of halogens is 3. The minimum Gasteiger partial charge on any atom is -0.406 e. The van der Waals surface area contributed by atoms with E-state index in [2.05, 4.69) is 35.4 Å². The lowest BCUT2D eigenvalue weighted by atomic mass is 10.1. The number of amides is 1. The molecule has 4 rings (SSSR count). The number of fused-ring (bicyclic) bond motifs is 1. The van der Waals surface area contributed by atoms with Crippen LogP contribution in [0.2, 0.25) is 0 Å². The molecule has 4 aromatic rings. The number of benzene rings is 1. The zero-order valence-electron chi connectivity index (χ0n) is 17.2. The van der Waals surface area contributed by atoms with Gasteiger partial charge in [0.05, 0.1) is 12.1 Å². The Morgan fingerprint density at radius 1 is 1.06 bits per heavy atom. The van der Waals surface area contributed by atoms with Crippen molar-refractivity contribution in [2.24, 2.45) is 0 Å². The molecule has 0 aliphatic rings. The summed E-state index contributed by atoms with van der Waals surface area (Å²) in [7, 11) is 0. The molecule has 3 aromatic heterocycles. The molecule has 1 aromatic carbocycles. The van der Waals surface area contributed by atoms with Crippen LogP contribution in [0.1, 0.15) is 29.1 Å². The van der Waals surface area contributed by atoms with E-state index in [9.17, 15) is 18.0 Å². The highest BCUT2D eigenvalue weighted by Crippen LogP contribution is 2.24. The van der Waals surface area contributed by atoms with Gasteiger partial charge in [-0.05, 0) is 49.1 Å². The zero-order chi connectivity index (χ0) is 23.3. The van der Waals surface area contributed by atoms with Crippen molar-refractivity contribution in [3.8, 4) is 5.75 Å². The van der Waals surface area contributed by atoms with Crippen molar-refractivity contribution in [2.75, 3.05) is 5.32 Å². The third-order valence-corrected chi connectivity index (χ3v) is 5.54. The number of hydrogen-bond donors (Lipinski definition) is 2. The van der Waals surface area contributed by atoms with Crippen LogP contribution in [0.15, 0.2) is 42.6 Å². The third kappa shape index (κ3) is 6.72. The molecule has 1 amide bonds. The van der Waals surface area contributed by atoms with Gasteiger partial charge < -0.3 is 15.0 Å². The van der Waals surface area contributed by atoms with Gasteiger partial charge in [0, 0.05) is 18.0 Å². The van der Waals surface area contributed by atoms with E-state index in [0.29, 0.717) is 17.1 Å². The number of H-pyrrole nitrogens is 1. The van der Waals surface area contributed by atoms with Crippen LogP contribution in [0, 0.1) is 0 Å². The van der Waals surface area contributed by atoms with Gasteiger partial charge in [-0.15, -0.1) is 28.5 Å².